The van der Waals surface area contributed by atoms with Gasteiger partial charge in [-0.3, -0.25) is 9.69 Å². The number of ether oxygens (including phenoxy) is 1. The Kier molecular flexibility index (Phi) is 6.71. The maximum absolute atomic E-state index is 12.6. The highest BCUT2D eigenvalue weighted by atomic mass is 16.5. The van der Waals surface area contributed by atoms with E-state index in [0.717, 1.165) is 53.5 Å². The van der Waals surface area contributed by atoms with Crippen LogP contribution in [0, 0.1) is 5.92 Å². The number of methoxy groups -OCH3 is 1. The molecule has 1 aliphatic heterocycles. The number of amides is 1. The van der Waals surface area contributed by atoms with Crippen molar-refractivity contribution in [3.63, 3.8) is 0 Å². The molecule has 2 N–H and O–H groups in total. The molecule has 2 heterocycles. The summed E-state index contributed by atoms with van der Waals surface area (Å²) in [7, 11) is 1.39. The average Bonchev–Trinajstić information content (AvgIpc) is 3.29. The van der Waals surface area contributed by atoms with Crippen molar-refractivity contribution in [3.05, 3.63) is 59.4 Å². The summed E-state index contributed by atoms with van der Waals surface area (Å²) in [6.07, 6.45) is 3.53. The molecule has 3 unspecified atom stereocenters. The van der Waals surface area contributed by atoms with Crippen LogP contribution in [-0.2, 0) is 22.4 Å². The van der Waals surface area contributed by atoms with Gasteiger partial charge in [-0.15, -0.1) is 0 Å². The van der Waals surface area contributed by atoms with Crippen LogP contribution in [0.25, 0.3) is 11.0 Å². The van der Waals surface area contributed by atoms with Crippen LogP contribution in [0.5, 0.6) is 0 Å². The summed E-state index contributed by atoms with van der Waals surface area (Å²) in [5.74, 6) is -0.620. The third kappa shape index (κ3) is 4.34. The van der Waals surface area contributed by atoms with E-state index in [9.17, 15) is 19.8 Å². The molecule has 5 rings (SSSR count). The Hall–Kier alpha value is -3.39. The van der Waals surface area contributed by atoms with E-state index in [2.05, 4.69) is 4.57 Å². The molecule has 1 aliphatic carbocycles. The number of aliphatic hydroxyl groups is 1. The fraction of sp³-hybridized carbons (Fsp3) is 0.464. The molecule has 0 saturated heterocycles. The Balaban J connectivity index is 1.64. The van der Waals surface area contributed by atoms with Gasteiger partial charge in [-0.2, -0.15) is 0 Å². The quantitative estimate of drug-likeness (QED) is 0.518. The van der Waals surface area contributed by atoms with Gasteiger partial charge in [0.1, 0.15) is 11.9 Å². The van der Waals surface area contributed by atoms with Crippen LogP contribution in [0.15, 0.2) is 42.5 Å². The zero-order valence-electron chi connectivity index (χ0n) is 20.8. The monoisotopic (exact) mass is 491 g/mol. The minimum absolute atomic E-state index is 0.00213. The summed E-state index contributed by atoms with van der Waals surface area (Å²) in [6.45, 7) is 2.01. The molecule has 1 aromatic heterocycles. The average molecular weight is 492 g/mol. The van der Waals surface area contributed by atoms with E-state index in [-0.39, 0.29) is 12.1 Å². The van der Waals surface area contributed by atoms with Gasteiger partial charge in [0.05, 0.1) is 29.7 Å². The van der Waals surface area contributed by atoms with Gasteiger partial charge in [-0.25, -0.2) is 9.78 Å². The molecule has 0 spiro atoms. The predicted molar refractivity (Wildman–Crippen MR) is 136 cm³/mol. The third-order valence-electron chi connectivity index (χ3n) is 7.78. The molecule has 1 saturated carbocycles. The van der Waals surface area contributed by atoms with Crippen LogP contribution < -0.4 is 4.90 Å². The number of fused-ring (bicyclic) bond motifs is 3. The Morgan fingerprint density at radius 2 is 1.92 bits per heavy atom. The maximum atomic E-state index is 12.6. The van der Waals surface area contributed by atoms with E-state index >= 15 is 0 Å². The summed E-state index contributed by atoms with van der Waals surface area (Å²) in [5, 5.41) is 21.1. The molecule has 3 aromatic rings. The second kappa shape index (κ2) is 9.93. The van der Waals surface area contributed by atoms with Gasteiger partial charge in [0, 0.05) is 24.1 Å². The number of carbonyl (C=O) groups excluding carboxylic acids is 1. The molecule has 0 bridgehead atoms. The number of carbonyl (C=O) groups is 2. The van der Waals surface area contributed by atoms with E-state index in [1.54, 1.807) is 4.90 Å². The number of hydrogen-bond donors (Lipinski definition) is 2. The molecule has 36 heavy (non-hydrogen) atoms. The lowest BCUT2D eigenvalue weighted by Crippen LogP contribution is -2.42. The molecule has 1 fully saturated rings. The number of nitrogens with zero attached hydrogens (tertiary/aromatic N) is 3. The Morgan fingerprint density at radius 1 is 1.14 bits per heavy atom. The Labute approximate surface area is 210 Å². The van der Waals surface area contributed by atoms with Gasteiger partial charge in [0.25, 0.3) is 0 Å². The second-order valence-corrected chi connectivity index (χ2v) is 10.1. The molecule has 4 atom stereocenters. The lowest BCUT2D eigenvalue weighted by atomic mass is 9.85. The van der Waals surface area contributed by atoms with Gasteiger partial charge in [0.2, 0.25) is 0 Å². The van der Waals surface area contributed by atoms with E-state index in [1.807, 2.05) is 49.4 Å². The smallest absolute Gasteiger partial charge is 0.414 e. The first-order valence-corrected chi connectivity index (χ1v) is 12.7. The van der Waals surface area contributed by atoms with E-state index in [0.29, 0.717) is 25.1 Å². The van der Waals surface area contributed by atoms with Crippen LogP contribution in [0.1, 0.15) is 68.1 Å². The van der Waals surface area contributed by atoms with Gasteiger partial charge >= 0.3 is 12.1 Å². The zero-order chi connectivity index (χ0) is 25.4. The molecular weight excluding hydrogens is 458 g/mol. The Bertz CT molecular complexity index is 1270. The first-order chi connectivity index (χ1) is 17.4. The summed E-state index contributed by atoms with van der Waals surface area (Å²) in [5.41, 5.74) is 4.41. The molecule has 8 heteroatoms. The number of aliphatic carboxylic acids is 1. The molecule has 190 valence electrons. The van der Waals surface area contributed by atoms with Crippen molar-refractivity contribution >= 4 is 28.8 Å². The number of imidazole rings is 1. The van der Waals surface area contributed by atoms with Gasteiger partial charge in [0.15, 0.2) is 0 Å². The molecular formula is C28H33N3O5. The fourth-order valence-corrected chi connectivity index (χ4v) is 5.96. The highest BCUT2D eigenvalue weighted by molar-refractivity contribution is 5.95. The number of carboxylic acid groups (broad SMARTS) is 1. The molecule has 2 aromatic carbocycles. The lowest BCUT2D eigenvalue weighted by Gasteiger charge is -2.34. The number of hydrogen-bond acceptors (Lipinski definition) is 5. The fourth-order valence-electron chi connectivity index (χ4n) is 5.96. The van der Waals surface area contributed by atoms with Crippen molar-refractivity contribution in [3.8, 4) is 0 Å². The summed E-state index contributed by atoms with van der Waals surface area (Å²) in [6, 6.07) is 13.6. The third-order valence-corrected chi connectivity index (χ3v) is 7.78. The number of aryl methyl sites for hydroxylation is 1. The molecule has 8 nitrogen and oxygen atoms in total. The van der Waals surface area contributed by atoms with Crippen molar-refractivity contribution in [1.29, 1.82) is 0 Å². The number of anilines is 1. The Morgan fingerprint density at radius 3 is 2.64 bits per heavy atom. The largest absolute Gasteiger partial charge is 0.481 e. The summed E-state index contributed by atoms with van der Waals surface area (Å²) in [4.78, 5) is 31.1. The highest BCUT2D eigenvalue weighted by Crippen LogP contribution is 2.41. The SMILES string of the molecule is COC(=O)N1c2ccc3c(nc(C(O)Cc4ccccc4)n3C3CCCC(C(=O)O)C3)c2CC[C@@H]1C. The van der Waals surface area contributed by atoms with Crippen molar-refractivity contribution in [2.45, 2.75) is 70.1 Å². The van der Waals surface area contributed by atoms with Crippen molar-refractivity contribution in [2.24, 2.45) is 5.92 Å². The lowest BCUT2D eigenvalue weighted by molar-refractivity contribution is -0.143. The molecule has 0 radical (unpaired) electrons. The first-order valence-electron chi connectivity index (χ1n) is 12.7. The van der Waals surface area contributed by atoms with Crippen LogP contribution in [-0.4, -0.2) is 45.0 Å². The van der Waals surface area contributed by atoms with Crippen LogP contribution in [0.3, 0.4) is 0 Å². The van der Waals surface area contributed by atoms with Crippen molar-refractivity contribution < 1.29 is 24.5 Å². The predicted octanol–water partition coefficient (Wildman–Crippen LogP) is 5.04. The van der Waals surface area contributed by atoms with Gasteiger partial charge in [-0.1, -0.05) is 36.8 Å². The van der Waals surface area contributed by atoms with Crippen LogP contribution >= 0.6 is 0 Å². The number of carboxylic acids is 1. The molecule has 1 amide bonds. The number of aromatic nitrogens is 2. The molecule has 2 aliphatic rings. The summed E-state index contributed by atoms with van der Waals surface area (Å²) >= 11 is 0. The zero-order valence-corrected chi connectivity index (χ0v) is 20.8. The van der Waals surface area contributed by atoms with Gasteiger partial charge < -0.3 is 19.5 Å². The van der Waals surface area contributed by atoms with E-state index < -0.39 is 24.1 Å². The first kappa shape index (κ1) is 24.3. The van der Waals surface area contributed by atoms with Crippen molar-refractivity contribution in [1.82, 2.24) is 9.55 Å². The second-order valence-electron chi connectivity index (χ2n) is 10.1. The minimum Gasteiger partial charge on any atom is -0.481 e. The summed E-state index contributed by atoms with van der Waals surface area (Å²) < 4.78 is 7.14. The van der Waals surface area contributed by atoms with E-state index in [4.69, 9.17) is 9.72 Å². The minimum atomic E-state index is -0.847. The maximum Gasteiger partial charge on any atom is 0.414 e. The van der Waals surface area contributed by atoms with Crippen LogP contribution in [0.2, 0.25) is 0 Å². The standard InChI is InChI=1S/C28H33N3O5/c1-17-11-12-21-22(30(17)28(35)36-2)13-14-23-25(21)29-26(24(32)15-18-7-4-3-5-8-18)31(23)20-10-6-9-19(16-20)27(33)34/h3-5,7-8,13-14,17,19-20,24,32H,6,9-12,15-16H2,1-2H3,(H,33,34)/t17-,19?,20?,24?/m0/s1. The van der Waals surface area contributed by atoms with E-state index in [1.165, 1.54) is 7.11 Å². The topological polar surface area (TPSA) is 105 Å². The number of benzene rings is 2. The number of rotatable bonds is 5. The normalized spacial score (nSPS) is 22.8. The highest BCUT2D eigenvalue weighted by Gasteiger charge is 2.35. The van der Waals surface area contributed by atoms with Crippen LogP contribution in [0.4, 0.5) is 10.5 Å². The van der Waals surface area contributed by atoms with Crippen molar-refractivity contribution in [2.75, 3.05) is 12.0 Å². The van der Waals surface area contributed by atoms with Gasteiger partial charge in [-0.05, 0) is 56.7 Å². The number of aliphatic hydroxyl groups excluding tert-OH is 1.